The summed E-state index contributed by atoms with van der Waals surface area (Å²) in [6, 6.07) is 0. The third-order valence-corrected chi connectivity index (χ3v) is 12.1. The third kappa shape index (κ3) is 43.3. The molecule has 0 aromatic carbocycles. The fourth-order valence-electron chi connectivity index (χ4n) is 7.28. The van der Waals surface area contributed by atoms with Crippen LogP contribution in [0.25, 0.3) is 0 Å². The van der Waals surface area contributed by atoms with Crippen molar-refractivity contribution >= 4 is 7.82 Å². The van der Waals surface area contributed by atoms with Crippen LogP contribution >= 0.6 is 7.82 Å². The number of likely N-dealkylation sites (N-methyl/N-ethyl adjacent to an activating group) is 1. The average molecular weight is 816 g/mol. The molecular formula is C48H98NO6P. The molecule has 0 aromatic heterocycles. The Labute approximate surface area is 350 Å². The molecule has 0 aliphatic carbocycles. The van der Waals surface area contributed by atoms with Crippen molar-refractivity contribution in [2.24, 2.45) is 0 Å². The van der Waals surface area contributed by atoms with Gasteiger partial charge in [-0.05, 0) is 19.3 Å². The Kier molecular flexibility index (Phi) is 41.3. The highest BCUT2D eigenvalue weighted by molar-refractivity contribution is 7.45. The van der Waals surface area contributed by atoms with Crippen molar-refractivity contribution in [3.63, 3.8) is 0 Å². The molecule has 0 amide bonds. The minimum absolute atomic E-state index is 0.0523. The number of allylic oxidation sites excluding steroid dienone is 1. The molecule has 336 valence electrons. The van der Waals surface area contributed by atoms with Gasteiger partial charge in [-0.25, -0.2) is 0 Å². The van der Waals surface area contributed by atoms with Crippen molar-refractivity contribution in [3.8, 4) is 0 Å². The number of aliphatic hydroxyl groups is 1. The summed E-state index contributed by atoms with van der Waals surface area (Å²) in [7, 11) is 1.44. The van der Waals surface area contributed by atoms with Gasteiger partial charge in [-0.2, -0.15) is 0 Å². The largest absolute Gasteiger partial charge is 0.756 e. The Bertz CT molecular complexity index is 865. The van der Waals surface area contributed by atoms with Gasteiger partial charge in [0, 0.05) is 6.61 Å². The summed E-state index contributed by atoms with van der Waals surface area (Å²) in [6.45, 7) is 5.37. The molecule has 56 heavy (non-hydrogen) atoms. The van der Waals surface area contributed by atoms with Gasteiger partial charge in [0.1, 0.15) is 25.4 Å². The highest BCUT2D eigenvalue weighted by atomic mass is 31.2. The van der Waals surface area contributed by atoms with Crippen LogP contribution in [0.3, 0.4) is 0 Å². The molecule has 0 aromatic rings. The van der Waals surface area contributed by atoms with E-state index >= 15 is 0 Å². The lowest BCUT2D eigenvalue weighted by molar-refractivity contribution is -0.870. The molecule has 0 saturated carbocycles. The van der Waals surface area contributed by atoms with Crippen molar-refractivity contribution in [2.75, 3.05) is 47.5 Å². The molecule has 0 aliphatic heterocycles. The monoisotopic (exact) mass is 816 g/mol. The minimum atomic E-state index is -4.49. The molecule has 8 heteroatoms. The Morgan fingerprint density at radius 1 is 0.518 bits per heavy atom. The van der Waals surface area contributed by atoms with Gasteiger partial charge in [0.15, 0.2) is 0 Å². The summed E-state index contributed by atoms with van der Waals surface area (Å²) in [5, 5.41) is 10.9. The number of phosphoric ester groups is 1. The van der Waals surface area contributed by atoms with Crippen LogP contribution in [0.15, 0.2) is 12.2 Å². The normalized spacial score (nSPS) is 14.5. The predicted octanol–water partition coefficient (Wildman–Crippen LogP) is 14.2. The number of hydrogen-bond acceptors (Lipinski definition) is 6. The van der Waals surface area contributed by atoms with Crippen LogP contribution < -0.4 is 4.89 Å². The molecule has 0 aliphatic rings. The van der Waals surface area contributed by atoms with E-state index in [1.54, 1.807) is 6.08 Å². The summed E-state index contributed by atoms with van der Waals surface area (Å²) in [6.07, 6.45) is 48.5. The van der Waals surface area contributed by atoms with Gasteiger partial charge in [-0.1, -0.05) is 231 Å². The van der Waals surface area contributed by atoms with Crippen molar-refractivity contribution in [3.05, 3.63) is 12.2 Å². The number of hydrogen-bond donors (Lipinski definition) is 1. The first-order valence-corrected chi connectivity index (χ1v) is 25.9. The lowest BCUT2D eigenvalue weighted by Gasteiger charge is -2.29. The summed E-state index contributed by atoms with van der Waals surface area (Å²) >= 11 is 0. The average Bonchev–Trinajstić information content (AvgIpc) is 3.15. The molecule has 0 fully saturated rings. The molecular weight excluding hydrogens is 718 g/mol. The number of unbranched alkanes of at least 4 members (excludes halogenated alkanes) is 33. The first-order valence-electron chi connectivity index (χ1n) is 24.5. The molecule has 7 nitrogen and oxygen atoms in total. The summed E-state index contributed by atoms with van der Waals surface area (Å²) in [4.78, 5) is 12.4. The number of phosphoric acid groups is 1. The highest BCUT2D eigenvalue weighted by Crippen LogP contribution is 2.38. The first kappa shape index (κ1) is 55.7. The van der Waals surface area contributed by atoms with Gasteiger partial charge < -0.3 is 28.3 Å². The second kappa shape index (κ2) is 41.5. The van der Waals surface area contributed by atoms with Gasteiger partial charge in [0.2, 0.25) is 0 Å². The zero-order valence-corrected chi connectivity index (χ0v) is 39.2. The third-order valence-electron chi connectivity index (χ3n) is 11.2. The van der Waals surface area contributed by atoms with Crippen LogP contribution in [0, 0.1) is 0 Å². The van der Waals surface area contributed by atoms with E-state index in [-0.39, 0.29) is 13.2 Å². The van der Waals surface area contributed by atoms with Crippen LogP contribution in [0.4, 0.5) is 0 Å². The second-order valence-corrected chi connectivity index (χ2v) is 19.4. The molecule has 1 N–H and O–H groups in total. The molecule has 0 bridgehead atoms. The van der Waals surface area contributed by atoms with Crippen LogP contribution in [-0.2, 0) is 18.3 Å². The quantitative estimate of drug-likeness (QED) is 0.0285. The fourth-order valence-corrected chi connectivity index (χ4v) is 7.99. The molecule has 0 radical (unpaired) electrons. The van der Waals surface area contributed by atoms with Gasteiger partial charge >= 0.3 is 0 Å². The van der Waals surface area contributed by atoms with Crippen LogP contribution in [0.1, 0.15) is 239 Å². The number of quaternary nitrogens is 1. The molecule has 0 spiro atoms. The zero-order chi connectivity index (χ0) is 41.3. The molecule has 3 atom stereocenters. The zero-order valence-electron chi connectivity index (χ0n) is 38.3. The standard InChI is InChI=1S/C48H98NO6P/c1-6-8-10-12-14-16-18-20-21-22-23-24-25-26-27-28-29-31-33-35-37-39-41-44-53-48(46-55-56(51,52)54-45-43-49(3,4)5)47(50)42-40-38-36-34-32-30-19-17-15-13-11-9-7-2/h40,42,47-48,50H,6-39,41,43-46H2,1-5H3/b42-40+/t47-,48+/m1/s1. The number of rotatable bonds is 46. The van der Waals surface area contributed by atoms with Crippen molar-refractivity contribution in [1.29, 1.82) is 0 Å². The van der Waals surface area contributed by atoms with E-state index in [1.807, 2.05) is 27.2 Å². The smallest absolute Gasteiger partial charge is 0.268 e. The lowest BCUT2D eigenvalue weighted by Crippen LogP contribution is -2.38. The number of aliphatic hydroxyl groups excluding tert-OH is 1. The van der Waals surface area contributed by atoms with E-state index in [0.29, 0.717) is 17.6 Å². The van der Waals surface area contributed by atoms with Crippen LogP contribution in [-0.4, -0.2) is 69.3 Å². The fraction of sp³-hybridized carbons (Fsp3) is 0.958. The molecule has 0 heterocycles. The Morgan fingerprint density at radius 2 is 0.857 bits per heavy atom. The molecule has 1 unspecified atom stereocenters. The number of nitrogens with zero attached hydrogens (tertiary/aromatic N) is 1. The molecule has 0 rings (SSSR count). The maximum Gasteiger partial charge on any atom is 0.268 e. The van der Waals surface area contributed by atoms with E-state index in [9.17, 15) is 14.6 Å². The van der Waals surface area contributed by atoms with Gasteiger partial charge in [-0.15, -0.1) is 0 Å². The van der Waals surface area contributed by atoms with E-state index < -0.39 is 20.0 Å². The maximum absolute atomic E-state index is 12.4. The van der Waals surface area contributed by atoms with Crippen LogP contribution in [0.5, 0.6) is 0 Å². The predicted molar refractivity (Wildman–Crippen MR) is 240 cm³/mol. The summed E-state index contributed by atoms with van der Waals surface area (Å²) < 4.78 is 29.3. The van der Waals surface area contributed by atoms with Gasteiger partial charge in [-0.3, -0.25) is 4.57 Å². The summed E-state index contributed by atoms with van der Waals surface area (Å²) in [5.41, 5.74) is 0. The minimum Gasteiger partial charge on any atom is -0.756 e. The van der Waals surface area contributed by atoms with Gasteiger partial charge in [0.05, 0.1) is 27.7 Å². The Morgan fingerprint density at radius 3 is 1.21 bits per heavy atom. The summed E-state index contributed by atoms with van der Waals surface area (Å²) in [5.74, 6) is 0. The lowest BCUT2D eigenvalue weighted by atomic mass is 10.0. The first-order chi connectivity index (χ1) is 27.1. The van der Waals surface area contributed by atoms with E-state index in [1.165, 1.54) is 199 Å². The molecule has 0 saturated heterocycles. The number of ether oxygens (including phenoxy) is 1. The Balaban J connectivity index is 4.10. The topological polar surface area (TPSA) is 88.1 Å². The second-order valence-electron chi connectivity index (χ2n) is 18.0. The maximum atomic E-state index is 12.4. The van der Waals surface area contributed by atoms with Crippen molar-refractivity contribution in [1.82, 2.24) is 0 Å². The van der Waals surface area contributed by atoms with Gasteiger partial charge in [0.25, 0.3) is 7.82 Å². The highest BCUT2D eigenvalue weighted by Gasteiger charge is 2.22. The Hall–Kier alpha value is -0.270. The van der Waals surface area contributed by atoms with Crippen molar-refractivity contribution < 1.29 is 32.8 Å². The van der Waals surface area contributed by atoms with Crippen molar-refractivity contribution in [2.45, 2.75) is 251 Å². The van der Waals surface area contributed by atoms with Crippen LogP contribution in [0.2, 0.25) is 0 Å². The van der Waals surface area contributed by atoms with E-state index in [2.05, 4.69) is 13.8 Å². The van der Waals surface area contributed by atoms with E-state index in [4.69, 9.17) is 13.8 Å². The van der Waals surface area contributed by atoms with E-state index in [0.717, 1.165) is 25.7 Å². The SMILES string of the molecule is CCCCCCCCCCCCC/C=C/[C@@H](O)[C@H](COP(=O)([O-])OCC[N+](C)(C)C)OCCCCCCCCCCCCCCCCCCCCCCCCC.